The number of hydrogen-bond donors (Lipinski definition) is 4. The summed E-state index contributed by atoms with van der Waals surface area (Å²) >= 11 is 0. The molecule has 2 aromatic heterocycles. The molecule has 4 N–H and O–H groups in total. The number of anilines is 2. The number of fused-ring (bicyclic) bond motifs is 1. The number of methoxy groups -OCH3 is 1. The zero-order valence-corrected chi connectivity index (χ0v) is 17.2. The van der Waals surface area contributed by atoms with Gasteiger partial charge >= 0.3 is 0 Å². The lowest BCUT2D eigenvalue weighted by molar-refractivity contribution is -0.0580. The molecule has 4 atom stereocenters. The molecule has 11 heteroatoms. The van der Waals surface area contributed by atoms with Crippen LogP contribution in [0.15, 0.2) is 24.5 Å². The number of carbonyl (C=O) groups is 1. The second-order valence-electron chi connectivity index (χ2n) is 7.36. The fraction of sp³-hybridized carbons (Fsp3) is 0.400. The monoisotopic (exact) mass is 429 g/mol. The third-order valence-electron chi connectivity index (χ3n) is 5.11. The van der Waals surface area contributed by atoms with E-state index < -0.39 is 24.5 Å². The van der Waals surface area contributed by atoms with E-state index in [0.717, 1.165) is 0 Å². The number of aryl methyl sites for hydroxylation is 1. The Hall–Kier alpha value is -3.12. The van der Waals surface area contributed by atoms with E-state index in [9.17, 15) is 20.1 Å². The van der Waals surface area contributed by atoms with Gasteiger partial charge in [0.2, 0.25) is 0 Å². The fourth-order valence-corrected chi connectivity index (χ4v) is 3.59. The van der Waals surface area contributed by atoms with Gasteiger partial charge in [0.1, 0.15) is 29.9 Å². The topological polar surface area (TPSA) is 152 Å². The molecule has 0 spiro atoms. The van der Waals surface area contributed by atoms with Crippen LogP contribution in [0, 0.1) is 6.92 Å². The van der Waals surface area contributed by atoms with Crippen molar-refractivity contribution in [1.82, 2.24) is 19.5 Å². The molecular weight excluding hydrogens is 406 g/mol. The molecule has 0 amide bonds. The zero-order valence-electron chi connectivity index (χ0n) is 17.2. The van der Waals surface area contributed by atoms with Crippen molar-refractivity contribution < 1.29 is 29.6 Å². The standard InChI is InChI=1S/C20H23N5O6/c1-9(26)12-6-11(4-5-13(12)27)24-18-15-19(23-10(2)22-18)25(8-21-15)20-17(29)16(28)14(31-20)7-30-3/h4-6,8,14,16-17,20,27-29H,7H2,1-3H3,(H,22,23,24). The number of nitrogens with zero attached hydrogens (tertiary/aromatic N) is 4. The number of Topliss-reactive ketones (excluding diaryl/α,β-unsaturated/α-hetero) is 1. The average molecular weight is 429 g/mol. The van der Waals surface area contributed by atoms with Gasteiger partial charge in [0.25, 0.3) is 0 Å². The molecule has 1 aliphatic rings. The molecule has 1 fully saturated rings. The number of ketones is 1. The van der Waals surface area contributed by atoms with E-state index in [4.69, 9.17) is 9.47 Å². The Morgan fingerprint density at radius 1 is 1.29 bits per heavy atom. The maximum absolute atomic E-state index is 11.7. The average Bonchev–Trinajstić information content (AvgIpc) is 3.25. The zero-order chi connectivity index (χ0) is 22.3. The number of phenolic OH excluding ortho intramolecular Hbond substituents is 1. The number of carbonyl (C=O) groups excluding carboxylic acids is 1. The van der Waals surface area contributed by atoms with Crippen LogP contribution in [-0.4, -0.2) is 72.7 Å². The predicted molar refractivity (Wildman–Crippen MR) is 109 cm³/mol. The molecule has 1 saturated heterocycles. The van der Waals surface area contributed by atoms with Crippen molar-refractivity contribution in [3.8, 4) is 5.75 Å². The first-order valence-corrected chi connectivity index (χ1v) is 9.62. The maximum Gasteiger partial charge on any atom is 0.167 e. The van der Waals surface area contributed by atoms with Crippen LogP contribution in [0.2, 0.25) is 0 Å². The summed E-state index contributed by atoms with van der Waals surface area (Å²) < 4.78 is 12.4. The molecule has 11 nitrogen and oxygen atoms in total. The Kier molecular flexibility index (Phi) is 5.58. The number of nitrogens with one attached hydrogen (secondary N) is 1. The van der Waals surface area contributed by atoms with E-state index in [1.807, 2.05) is 0 Å². The molecule has 4 rings (SSSR count). The van der Waals surface area contributed by atoms with Gasteiger partial charge in [0, 0.05) is 12.8 Å². The third kappa shape index (κ3) is 3.83. The molecule has 31 heavy (non-hydrogen) atoms. The lowest BCUT2D eigenvalue weighted by atomic mass is 10.1. The summed E-state index contributed by atoms with van der Waals surface area (Å²) in [4.78, 5) is 24.9. The van der Waals surface area contributed by atoms with Gasteiger partial charge in [-0.25, -0.2) is 15.0 Å². The van der Waals surface area contributed by atoms with E-state index in [2.05, 4.69) is 20.3 Å². The van der Waals surface area contributed by atoms with E-state index in [1.54, 1.807) is 13.0 Å². The van der Waals surface area contributed by atoms with Crippen molar-refractivity contribution >= 4 is 28.5 Å². The SMILES string of the molecule is COCC1OC(n2cnc3c(Nc4ccc(O)c(C(C)=O)c4)nc(C)nc32)C(O)C1O. The van der Waals surface area contributed by atoms with E-state index in [0.29, 0.717) is 28.5 Å². The smallest absolute Gasteiger partial charge is 0.167 e. The highest BCUT2D eigenvalue weighted by atomic mass is 16.6. The van der Waals surface area contributed by atoms with Gasteiger partial charge in [0.05, 0.1) is 18.5 Å². The van der Waals surface area contributed by atoms with Crippen molar-refractivity contribution in [3.63, 3.8) is 0 Å². The fourth-order valence-electron chi connectivity index (χ4n) is 3.59. The number of phenols is 1. The molecule has 1 aromatic carbocycles. The predicted octanol–water partition coefficient (Wildman–Crippen LogP) is 1.05. The summed E-state index contributed by atoms with van der Waals surface area (Å²) in [6.07, 6.45) is -2.45. The summed E-state index contributed by atoms with van der Waals surface area (Å²) in [5, 5.41) is 33.7. The molecule has 0 bridgehead atoms. The number of imidazole rings is 1. The van der Waals surface area contributed by atoms with Crippen molar-refractivity contribution in [2.75, 3.05) is 19.0 Å². The molecule has 0 aliphatic carbocycles. The summed E-state index contributed by atoms with van der Waals surface area (Å²) in [6.45, 7) is 3.20. The molecular formula is C20H23N5O6. The van der Waals surface area contributed by atoms with E-state index in [-0.39, 0.29) is 23.7 Å². The van der Waals surface area contributed by atoms with Gasteiger partial charge < -0.3 is 30.1 Å². The van der Waals surface area contributed by atoms with Crippen molar-refractivity contribution in [2.24, 2.45) is 0 Å². The van der Waals surface area contributed by atoms with Crippen molar-refractivity contribution in [1.29, 1.82) is 0 Å². The third-order valence-corrected chi connectivity index (χ3v) is 5.11. The number of aliphatic hydroxyl groups is 2. The van der Waals surface area contributed by atoms with Gasteiger partial charge in [-0.1, -0.05) is 0 Å². The highest BCUT2D eigenvalue weighted by molar-refractivity contribution is 5.98. The molecule has 0 saturated carbocycles. The van der Waals surface area contributed by atoms with Gasteiger partial charge in [0.15, 0.2) is 29.0 Å². The van der Waals surface area contributed by atoms with Crippen LogP contribution >= 0.6 is 0 Å². The molecule has 3 heterocycles. The highest BCUT2D eigenvalue weighted by Gasteiger charge is 2.44. The van der Waals surface area contributed by atoms with Crippen LogP contribution in [0.1, 0.15) is 29.3 Å². The quantitative estimate of drug-likeness (QED) is 0.330. The largest absolute Gasteiger partial charge is 0.507 e. The van der Waals surface area contributed by atoms with Crippen LogP contribution in [-0.2, 0) is 9.47 Å². The van der Waals surface area contributed by atoms with Gasteiger partial charge in [-0.05, 0) is 32.0 Å². The molecule has 0 radical (unpaired) electrons. The highest BCUT2D eigenvalue weighted by Crippen LogP contribution is 2.33. The minimum atomic E-state index is -1.19. The van der Waals surface area contributed by atoms with Gasteiger partial charge in [-0.3, -0.25) is 9.36 Å². The lowest BCUT2D eigenvalue weighted by Crippen LogP contribution is -2.33. The molecule has 164 valence electrons. The first-order chi connectivity index (χ1) is 14.8. The lowest BCUT2D eigenvalue weighted by Gasteiger charge is -2.17. The minimum Gasteiger partial charge on any atom is -0.507 e. The van der Waals surface area contributed by atoms with Crippen LogP contribution < -0.4 is 5.32 Å². The number of benzene rings is 1. The van der Waals surface area contributed by atoms with Gasteiger partial charge in [-0.15, -0.1) is 0 Å². The summed E-state index contributed by atoms with van der Waals surface area (Å²) in [5.41, 5.74) is 1.52. The molecule has 3 aromatic rings. The number of ether oxygens (including phenoxy) is 2. The summed E-state index contributed by atoms with van der Waals surface area (Å²) in [7, 11) is 1.48. The second kappa shape index (κ2) is 8.19. The van der Waals surface area contributed by atoms with Crippen molar-refractivity contribution in [3.05, 3.63) is 35.9 Å². The number of aromatic nitrogens is 4. The Bertz CT molecular complexity index is 1130. The number of aliphatic hydroxyl groups excluding tert-OH is 2. The first kappa shape index (κ1) is 21.1. The van der Waals surface area contributed by atoms with Crippen LogP contribution in [0.5, 0.6) is 5.75 Å². The Balaban J connectivity index is 1.71. The second-order valence-corrected chi connectivity index (χ2v) is 7.36. The number of hydrogen-bond acceptors (Lipinski definition) is 10. The van der Waals surface area contributed by atoms with Crippen LogP contribution in [0.3, 0.4) is 0 Å². The van der Waals surface area contributed by atoms with Crippen LogP contribution in [0.4, 0.5) is 11.5 Å². The minimum absolute atomic E-state index is 0.108. The van der Waals surface area contributed by atoms with Crippen LogP contribution in [0.25, 0.3) is 11.2 Å². The normalized spacial score (nSPS) is 23.4. The Morgan fingerprint density at radius 2 is 2.06 bits per heavy atom. The van der Waals surface area contributed by atoms with Crippen molar-refractivity contribution in [2.45, 2.75) is 38.4 Å². The van der Waals surface area contributed by atoms with E-state index in [1.165, 1.54) is 37.1 Å². The Morgan fingerprint density at radius 3 is 2.77 bits per heavy atom. The number of rotatable bonds is 6. The number of aromatic hydroxyl groups is 1. The Labute approximate surface area is 177 Å². The summed E-state index contributed by atoms with van der Waals surface area (Å²) in [5.74, 6) is 0.431. The maximum atomic E-state index is 11.7. The molecule has 4 unspecified atom stereocenters. The van der Waals surface area contributed by atoms with E-state index >= 15 is 0 Å². The molecule has 1 aliphatic heterocycles. The summed E-state index contributed by atoms with van der Waals surface area (Å²) in [6, 6.07) is 4.55. The first-order valence-electron chi connectivity index (χ1n) is 9.62. The van der Waals surface area contributed by atoms with Gasteiger partial charge in [-0.2, -0.15) is 0 Å².